The Morgan fingerprint density at radius 3 is 2.57 bits per heavy atom. The van der Waals surface area contributed by atoms with Gasteiger partial charge in [-0.1, -0.05) is 0 Å². The van der Waals surface area contributed by atoms with Crippen LogP contribution in [-0.2, 0) is 9.53 Å². The molecule has 2 atom stereocenters. The zero-order chi connectivity index (χ0) is 21.2. The lowest BCUT2D eigenvalue weighted by molar-refractivity contribution is -0.903. The number of nitrogens with zero attached hydrogens (tertiary/aromatic N) is 1. The number of carbonyl (C=O) groups excluding carboxylic acids is 2. The average Bonchev–Trinajstić information content (AvgIpc) is 2.89. The molecule has 2 aromatic heterocycles. The number of likely N-dealkylation sites (N-methyl/N-ethyl adjacent to an activating group) is 1. The molecule has 2 rings (SSSR count). The lowest BCUT2D eigenvalue weighted by Gasteiger charge is -2.24. The number of thiophene rings is 1. The van der Waals surface area contributed by atoms with E-state index in [0.29, 0.717) is 26.5 Å². The number of hydrogen-bond donors (Lipinski definition) is 3. The Kier molecular flexibility index (Phi) is 6.61. The van der Waals surface area contributed by atoms with Crippen molar-refractivity contribution < 1.29 is 19.2 Å². The Morgan fingerprint density at radius 1 is 1.36 bits per heavy atom. The molecule has 0 saturated heterocycles. The minimum atomic E-state index is -0.446. The summed E-state index contributed by atoms with van der Waals surface area (Å²) in [7, 11) is 1.88. The van der Waals surface area contributed by atoms with Gasteiger partial charge >= 0.3 is 5.97 Å². The van der Waals surface area contributed by atoms with Gasteiger partial charge in [-0.2, -0.15) is 0 Å². The van der Waals surface area contributed by atoms with Crippen LogP contribution >= 0.6 is 11.3 Å². The van der Waals surface area contributed by atoms with Crippen molar-refractivity contribution in [3.05, 3.63) is 26.6 Å². The summed E-state index contributed by atoms with van der Waals surface area (Å²) in [6.45, 7) is 11.7. The zero-order valence-electron chi connectivity index (χ0n) is 17.5. The van der Waals surface area contributed by atoms with Gasteiger partial charge in [0.2, 0.25) is 0 Å². The van der Waals surface area contributed by atoms with E-state index < -0.39 is 5.97 Å². The van der Waals surface area contributed by atoms with Crippen LogP contribution in [0.25, 0.3) is 10.2 Å². The van der Waals surface area contributed by atoms with Gasteiger partial charge in [0.05, 0.1) is 19.0 Å². The van der Waals surface area contributed by atoms with E-state index in [4.69, 9.17) is 4.74 Å². The minimum Gasteiger partial charge on any atom is -0.462 e. The summed E-state index contributed by atoms with van der Waals surface area (Å²) in [5.74, 6) is -0.0364. The van der Waals surface area contributed by atoms with Crippen LogP contribution in [0.15, 0.2) is 4.79 Å². The highest BCUT2D eigenvalue weighted by molar-refractivity contribution is 7.20. The summed E-state index contributed by atoms with van der Waals surface area (Å²) >= 11 is 1.16. The van der Waals surface area contributed by atoms with E-state index in [1.165, 1.54) is 0 Å². The predicted molar refractivity (Wildman–Crippen MR) is 109 cm³/mol. The highest BCUT2D eigenvalue weighted by atomic mass is 32.1. The zero-order valence-corrected chi connectivity index (χ0v) is 18.3. The number of aromatic amines is 1. The quantitative estimate of drug-likeness (QED) is 0.617. The number of esters is 1. The number of nitrogens with one attached hydrogen (secondary N) is 3. The van der Waals surface area contributed by atoms with E-state index in [2.05, 4.69) is 15.3 Å². The Bertz CT molecular complexity index is 942. The number of quaternary nitrogens is 1. The molecule has 28 heavy (non-hydrogen) atoms. The van der Waals surface area contributed by atoms with Gasteiger partial charge in [0.1, 0.15) is 15.7 Å². The Balaban J connectivity index is 2.31. The van der Waals surface area contributed by atoms with Crippen molar-refractivity contribution in [3.63, 3.8) is 0 Å². The van der Waals surface area contributed by atoms with Crippen molar-refractivity contribution in [2.75, 3.05) is 20.2 Å². The fourth-order valence-corrected chi connectivity index (χ4v) is 3.94. The summed E-state index contributed by atoms with van der Waals surface area (Å²) in [5.41, 5.74) is -0.0101. The summed E-state index contributed by atoms with van der Waals surface area (Å²) < 4.78 is 5.06. The Hall–Kier alpha value is -2.26. The first-order chi connectivity index (χ1) is 12.9. The van der Waals surface area contributed by atoms with Crippen LogP contribution < -0.4 is 15.8 Å². The highest BCUT2D eigenvalue weighted by Crippen LogP contribution is 2.28. The van der Waals surface area contributed by atoms with Crippen LogP contribution in [0.2, 0.25) is 0 Å². The van der Waals surface area contributed by atoms with Crippen LogP contribution in [0.5, 0.6) is 0 Å². The number of ether oxygens (including phenoxy) is 1. The van der Waals surface area contributed by atoms with Crippen molar-refractivity contribution in [1.29, 1.82) is 0 Å². The fraction of sp³-hybridized carbons (Fsp3) is 0.579. The molecule has 9 heteroatoms. The van der Waals surface area contributed by atoms with Crippen molar-refractivity contribution in [3.8, 4) is 0 Å². The molecule has 0 aliphatic carbocycles. The van der Waals surface area contributed by atoms with Gasteiger partial charge in [0.25, 0.3) is 11.5 Å². The minimum absolute atomic E-state index is 0.0724. The number of aryl methyl sites for hydroxylation is 1. The normalized spacial score (nSPS) is 14.0. The molecule has 0 fully saturated rings. The maximum atomic E-state index is 12.6. The van der Waals surface area contributed by atoms with E-state index >= 15 is 0 Å². The third kappa shape index (κ3) is 4.96. The van der Waals surface area contributed by atoms with Gasteiger partial charge in [0.15, 0.2) is 12.4 Å². The first-order valence-corrected chi connectivity index (χ1v) is 10.1. The Morgan fingerprint density at radius 2 is 2.00 bits per heavy atom. The topological polar surface area (TPSA) is 106 Å². The van der Waals surface area contributed by atoms with Crippen molar-refractivity contribution >= 4 is 33.4 Å². The molecule has 0 aromatic carbocycles. The molecule has 2 aromatic rings. The monoisotopic (exact) mass is 409 g/mol. The fourth-order valence-electron chi connectivity index (χ4n) is 2.86. The first kappa shape index (κ1) is 22.0. The molecular weight excluding hydrogens is 380 g/mol. The average molecular weight is 410 g/mol. The molecule has 1 amide bonds. The second kappa shape index (κ2) is 8.40. The molecule has 0 aliphatic heterocycles. The summed E-state index contributed by atoms with van der Waals surface area (Å²) in [4.78, 5) is 46.1. The van der Waals surface area contributed by atoms with Crippen LogP contribution in [0.1, 0.15) is 61.7 Å². The van der Waals surface area contributed by atoms with E-state index in [9.17, 15) is 14.4 Å². The molecule has 154 valence electrons. The SMILES string of the molecule is CCOC(=O)c1sc2nc([C@H](C)[NH+](C)CC(=O)NC(C)(C)C)[nH]c(=O)c2c1C. The molecule has 1 unspecified atom stereocenters. The van der Waals surface area contributed by atoms with E-state index in [1.807, 2.05) is 34.7 Å². The van der Waals surface area contributed by atoms with Crippen LogP contribution in [0.3, 0.4) is 0 Å². The number of fused-ring (bicyclic) bond motifs is 1. The van der Waals surface area contributed by atoms with Crippen molar-refractivity contribution in [2.45, 2.75) is 53.1 Å². The highest BCUT2D eigenvalue weighted by Gasteiger charge is 2.26. The van der Waals surface area contributed by atoms with Gasteiger partial charge in [-0.3, -0.25) is 9.59 Å². The lowest BCUT2D eigenvalue weighted by atomic mass is 10.1. The van der Waals surface area contributed by atoms with Crippen LogP contribution in [0.4, 0.5) is 0 Å². The number of carbonyl (C=O) groups is 2. The number of H-pyrrole nitrogens is 1. The molecule has 0 bridgehead atoms. The number of aromatic nitrogens is 2. The van der Waals surface area contributed by atoms with Gasteiger partial charge in [0, 0.05) is 5.54 Å². The Labute approximate surface area is 168 Å². The predicted octanol–water partition coefficient (Wildman–Crippen LogP) is 0.960. The molecule has 0 spiro atoms. The molecule has 8 nitrogen and oxygen atoms in total. The second-order valence-corrected chi connectivity index (χ2v) is 8.95. The standard InChI is InChI=1S/C19H28N4O4S/c1-8-27-18(26)14-10(2)13-16(25)20-15(21-17(13)28-14)11(3)23(7)9-12(24)22-19(4,5)6/h11H,8-9H2,1-7H3,(H,22,24)(H,20,21,25)/p+1/t11-/m0/s1. The third-order valence-electron chi connectivity index (χ3n) is 4.38. The maximum Gasteiger partial charge on any atom is 0.348 e. The van der Waals surface area contributed by atoms with Gasteiger partial charge in [-0.05, 0) is 47.1 Å². The van der Waals surface area contributed by atoms with Gasteiger partial charge in [-0.15, -0.1) is 11.3 Å². The van der Waals surface area contributed by atoms with E-state index in [1.54, 1.807) is 13.8 Å². The number of rotatable bonds is 6. The molecular formula is C19H29N4O4S+. The lowest BCUT2D eigenvalue weighted by Crippen LogP contribution is -3.10. The third-order valence-corrected chi connectivity index (χ3v) is 5.55. The smallest absolute Gasteiger partial charge is 0.348 e. The van der Waals surface area contributed by atoms with E-state index in [0.717, 1.165) is 16.2 Å². The maximum absolute atomic E-state index is 12.6. The molecule has 3 N–H and O–H groups in total. The van der Waals surface area contributed by atoms with Gasteiger partial charge in [-0.25, -0.2) is 9.78 Å². The van der Waals surface area contributed by atoms with Gasteiger partial charge < -0.3 is 19.9 Å². The molecule has 0 radical (unpaired) electrons. The summed E-state index contributed by atoms with van der Waals surface area (Å²) in [6.07, 6.45) is 0. The van der Waals surface area contributed by atoms with Crippen LogP contribution in [-0.4, -0.2) is 47.6 Å². The number of amides is 1. The van der Waals surface area contributed by atoms with Crippen molar-refractivity contribution in [1.82, 2.24) is 15.3 Å². The molecule has 0 saturated carbocycles. The largest absolute Gasteiger partial charge is 0.462 e. The summed E-state index contributed by atoms with van der Waals surface area (Å²) in [6, 6.07) is -0.212. The van der Waals surface area contributed by atoms with Crippen molar-refractivity contribution in [2.24, 2.45) is 0 Å². The van der Waals surface area contributed by atoms with Crippen LogP contribution in [0, 0.1) is 6.92 Å². The first-order valence-electron chi connectivity index (χ1n) is 9.28. The second-order valence-electron chi connectivity index (χ2n) is 7.95. The number of hydrogen-bond acceptors (Lipinski definition) is 6. The summed E-state index contributed by atoms with van der Waals surface area (Å²) in [5, 5.41) is 3.34. The molecule has 0 aliphatic rings. The molecule has 2 heterocycles. The van der Waals surface area contributed by atoms with E-state index in [-0.39, 0.29) is 36.2 Å².